The van der Waals surface area contributed by atoms with Crippen molar-refractivity contribution in [3.8, 4) is 5.75 Å². The summed E-state index contributed by atoms with van der Waals surface area (Å²) >= 11 is 0. The van der Waals surface area contributed by atoms with Crippen molar-refractivity contribution in [2.75, 3.05) is 11.9 Å². The number of nitrogens with zero attached hydrogens (tertiary/aromatic N) is 1. The molecule has 0 aliphatic heterocycles. The van der Waals surface area contributed by atoms with Crippen LogP contribution in [0.15, 0.2) is 18.3 Å². The van der Waals surface area contributed by atoms with Crippen LogP contribution >= 0.6 is 0 Å². The summed E-state index contributed by atoms with van der Waals surface area (Å²) in [5, 5.41) is 3.09. The van der Waals surface area contributed by atoms with Crippen LogP contribution in [0.3, 0.4) is 0 Å². The van der Waals surface area contributed by atoms with Gasteiger partial charge in [0.2, 0.25) is 5.91 Å². The number of ether oxygens (including phenoxy) is 1. The van der Waals surface area contributed by atoms with Gasteiger partial charge in [-0.15, -0.1) is 0 Å². The van der Waals surface area contributed by atoms with E-state index in [4.69, 9.17) is 10.5 Å². The van der Waals surface area contributed by atoms with Crippen molar-refractivity contribution in [2.45, 2.75) is 26.3 Å². The highest BCUT2D eigenvalue weighted by atomic mass is 16.5. The highest BCUT2D eigenvalue weighted by molar-refractivity contribution is 5.74. The molecule has 1 heterocycles. The van der Waals surface area contributed by atoms with Gasteiger partial charge in [0.25, 0.3) is 0 Å². The number of carbonyl (C=O) groups is 1. The van der Waals surface area contributed by atoms with Crippen LogP contribution in [0.2, 0.25) is 0 Å². The van der Waals surface area contributed by atoms with E-state index >= 15 is 0 Å². The molecule has 0 aliphatic rings. The van der Waals surface area contributed by atoms with Gasteiger partial charge in [0.15, 0.2) is 11.6 Å². The highest BCUT2D eigenvalue weighted by Crippen LogP contribution is 2.21. The first-order valence-electron chi connectivity index (χ1n) is 5.26. The van der Waals surface area contributed by atoms with Gasteiger partial charge >= 0.3 is 0 Å². The molecule has 1 atom stereocenters. The smallest absolute Gasteiger partial charge is 0.219 e. The van der Waals surface area contributed by atoms with Gasteiger partial charge in [0.05, 0.1) is 6.61 Å². The van der Waals surface area contributed by atoms with Crippen molar-refractivity contribution in [3.05, 3.63) is 18.3 Å². The molecular formula is C11H17N3O2. The molecule has 1 aromatic rings. The molecule has 0 aromatic carbocycles. The predicted molar refractivity (Wildman–Crippen MR) is 62.3 cm³/mol. The minimum atomic E-state index is -0.339. The topological polar surface area (TPSA) is 77.2 Å². The van der Waals surface area contributed by atoms with Crippen molar-refractivity contribution >= 4 is 11.7 Å². The Kier molecular flexibility index (Phi) is 4.57. The fourth-order valence-electron chi connectivity index (χ4n) is 1.36. The number of pyridine rings is 1. The lowest BCUT2D eigenvalue weighted by Gasteiger charge is -2.15. The summed E-state index contributed by atoms with van der Waals surface area (Å²) in [5.74, 6) is 0.980. The first-order chi connectivity index (χ1) is 7.63. The zero-order chi connectivity index (χ0) is 12.0. The first-order valence-corrected chi connectivity index (χ1v) is 5.26. The van der Waals surface area contributed by atoms with Crippen LogP contribution in [0.25, 0.3) is 0 Å². The van der Waals surface area contributed by atoms with E-state index in [1.54, 1.807) is 12.3 Å². The highest BCUT2D eigenvalue weighted by Gasteiger charge is 2.09. The lowest BCUT2D eigenvalue weighted by molar-refractivity contribution is -0.118. The molecule has 1 rings (SSSR count). The van der Waals surface area contributed by atoms with Crippen LogP contribution in [-0.2, 0) is 4.79 Å². The molecule has 1 unspecified atom stereocenters. The number of aromatic nitrogens is 1. The van der Waals surface area contributed by atoms with E-state index < -0.39 is 0 Å². The molecule has 16 heavy (non-hydrogen) atoms. The Morgan fingerprint density at radius 1 is 1.69 bits per heavy atom. The van der Waals surface area contributed by atoms with Crippen LogP contribution in [0.5, 0.6) is 5.75 Å². The summed E-state index contributed by atoms with van der Waals surface area (Å²) in [6.45, 7) is 4.35. The lowest BCUT2D eigenvalue weighted by Crippen LogP contribution is -2.24. The fraction of sp³-hybridized carbons (Fsp3) is 0.455. The summed E-state index contributed by atoms with van der Waals surface area (Å²) in [6, 6.07) is 3.57. The number of nitrogens with one attached hydrogen (secondary N) is 1. The molecule has 3 N–H and O–H groups in total. The maximum absolute atomic E-state index is 10.7. The number of anilines is 1. The van der Waals surface area contributed by atoms with Gasteiger partial charge < -0.3 is 15.8 Å². The van der Waals surface area contributed by atoms with Gasteiger partial charge in [-0.2, -0.15) is 0 Å². The summed E-state index contributed by atoms with van der Waals surface area (Å²) in [7, 11) is 0. The average molecular weight is 223 g/mol. The third-order valence-corrected chi connectivity index (χ3v) is 1.96. The number of hydrogen-bond acceptors (Lipinski definition) is 4. The number of carbonyl (C=O) groups excluding carboxylic acids is 1. The standard InChI is InChI=1S/C11H17N3O2/c1-3-16-9-5-4-6-13-11(9)14-8(2)7-10(12)15/h4-6,8H,3,7H2,1-2H3,(H2,12,15)(H,13,14). The number of primary amides is 1. The molecule has 0 spiro atoms. The zero-order valence-electron chi connectivity index (χ0n) is 9.56. The zero-order valence-corrected chi connectivity index (χ0v) is 9.56. The average Bonchev–Trinajstić information content (AvgIpc) is 2.20. The maximum atomic E-state index is 10.7. The summed E-state index contributed by atoms with van der Waals surface area (Å²) in [6.07, 6.45) is 1.93. The van der Waals surface area contributed by atoms with Crippen molar-refractivity contribution in [2.24, 2.45) is 5.73 Å². The van der Waals surface area contributed by atoms with Crippen molar-refractivity contribution in [1.82, 2.24) is 4.98 Å². The Labute approximate surface area is 95.0 Å². The predicted octanol–water partition coefficient (Wildman–Crippen LogP) is 1.16. The minimum Gasteiger partial charge on any atom is -0.490 e. The normalized spacial score (nSPS) is 11.9. The Balaban J connectivity index is 2.68. The van der Waals surface area contributed by atoms with Crippen LogP contribution in [0.4, 0.5) is 5.82 Å². The van der Waals surface area contributed by atoms with Gasteiger partial charge in [0.1, 0.15) is 0 Å². The molecule has 88 valence electrons. The second-order valence-electron chi connectivity index (χ2n) is 3.50. The second kappa shape index (κ2) is 5.95. The van der Waals surface area contributed by atoms with E-state index in [1.165, 1.54) is 0 Å². The largest absolute Gasteiger partial charge is 0.490 e. The Bertz CT molecular complexity index is 355. The third-order valence-electron chi connectivity index (χ3n) is 1.96. The Morgan fingerprint density at radius 2 is 2.44 bits per heavy atom. The van der Waals surface area contributed by atoms with Crippen molar-refractivity contribution < 1.29 is 9.53 Å². The monoisotopic (exact) mass is 223 g/mol. The van der Waals surface area contributed by atoms with E-state index in [1.807, 2.05) is 19.9 Å². The quantitative estimate of drug-likeness (QED) is 0.758. The molecule has 0 fully saturated rings. The van der Waals surface area contributed by atoms with Gasteiger partial charge in [-0.1, -0.05) is 0 Å². The van der Waals surface area contributed by atoms with Gasteiger partial charge in [-0.25, -0.2) is 4.98 Å². The Morgan fingerprint density at radius 3 is 3.06 bits per heavy atom. The second-order valence-corrected chi connectivity index (χ2v) is 3.50. The molecule has 0 aliphatic carbocycles. The van der Waals surface area contributed by atoms with Gasteiger partial charge in [-0.3, -0.25) is 4.79 Å². The molecule has 1 amide bonds. The van der Waals surface area contributed by atoms with E-state index in [0.29, 0.717) is 18.2 Å². The molecule has 0 radical (unpaired) electrons. The van der Waals surface area contributed by atoms with Crippen LogP contribution in [0, 0.1) is 0 Å². The van der Waals surface area contributed by atoms with E-state index in [-0.39, 0.29) is 18.4 Å². The van der Waals surface area contributed by atoms with Crippen molar-refractivity contribution in [3.63, 3.8) is 0 Å². The fourth-order valence-corrected chi connectivity index (χ4v) is 1.36. The lowest BCUT2D eigenvalue weighted by atomic mass is 10.2. The molecule has 5 heteroatoms. The minimum absolute atomic E-state index is 0.0633. The molecule has 0 saturated carbocycles. The SMILES string of the molecule is CCOc1cccnc1NC(C)CC(N)=O. The number of amides is 1. The summed E-state index contributed by atoms with van der Waals surface area (Å²) < 4.78 is 5.40. The number of nitrogens with two attached hydrogens (primary N) is 1. The molecule has 5 nitrogen and oxygen atoms in total. The van der Waals surface area contributed by atoms with Crippen LogP contribution < -0.4 is 15.8 Å². The van der Waals surface area contributed by atoms with E-state index in [2.05, 4.69) is 10.3 Å². The van der Waals surface area contributed by atoms with E-state index in [9.17, 15) is 4.79 Å². The number of rotatable bonds is 6. The molecule has 1 aromatic heterocycles. The van der Waals surface area contributed by atoms with Gasteiger partial charge in [-0.05, 0) is 26.0 Å². The van der Waals surface area contributed by atoms with Crippen LogP contribution in [-0.4, -0.2) is 23.5 Å². The van der Waals surface area contributed by atoms with Crippen molar-refractivity contribution in [1.29, 1.82) is 0 Å². The maximum Gasteiger partial charge on any atom is 0.219 e. The first kappa shape index (κ1) is 12.3. The van der Waals surface area contributed by atoms with Crippen LogP contribution in [0.1, 0.15) is 20.3 Å². The summed E-state index contributed by atoms with van der Waals surface area (Å²) in [5.41, 5.74) is 5.11. The third kappa shape index (κ3) is 3.76. The molecule has 0 saturated heterocycles. The van der Waals surface area contributed by atoms with E-state index in [0.717, 1.165) is 0 Å². The summed E-state index contributed by atoms with van der Waals surface area (Å²) in [4.78, 5) is 14.9. The number of hydrogen-bond donors (Lipinski definition) is 2. The Hall–Kier alpha value is -1.78. The van der Waals surface area contributed by atoms with Gasteiger partial charge in [0, 0.05) is 18.7 Å². The molecular weight excluding hydrogens is 206 g/mol. The molecule has 0 bridgehead atoms.